The fraction of sp³-hybridized carbons (Fsp3) is 0.478. The van der Waals surface area contributed by atoms with Gasteiger partial charge in [-0.25, -0.2) is 4.98 Å². The van der Waals surface area contributed by atoms with E-state index in [1.54, 1.807) is 12.3 Å². The van der Waals surface area contributed by atoms with Crippen LogP contribution in [0.25, 0.3) is 0 Å². The number of amides is 1. The Bertz CT molecular complexity index is 910. The molecule has 0 unspecified atom stereocenters. The normalized spacial score (nSPS) is 24.7. The first-order chi connectivity index (χ1) is 13.5. The molecule has 5 nitrogen and oxygen atoms in total. The second-order valence-corrected chi connectivity index (χ2v) is 8.43. The molecular weight excluding hydrogens is 350 g/mol. The van der Waals surface area contributed by atoms with Crippen LogP contribution in [-0.4, -0.2) is 28.2 Å². The third kappa shape index (κ3) is 3.58. The number of Topliss-reactive ketones (excluding diaryl/α,β-unsaturated/α-hetero) is 1. The van der Waals surface area contributed by atoms with Gasteiger partial charge in [-0.2, -0.15) is 0 Å². The SMILES string of the molecule is Cc1ccnc(N2CC[C@]3(CCC[C@H](CC(=O)c4cccc(C)n4)C3)C2=O)c1. The van der Waals surface area contributed by atoms with Gasteiger partial charge in [0.15, 0.2) is 5.78 Å². The number of hydrogen-bond donors (Lipinski definition) is 0. The summed E-state index contributed by atoms with van der Waals surface area (Å²) in [6, 6.07) is 9.49. The first-order valence-corrected chi connectivity index (χ1v) is 10.2. The van der Waals surface area contributed by atoms with Gasteiger partial charge in [0.05, 0.1) is 5.41 Å². The van der Waals surface area contributed by atoms with Crippen LogP contribution in [-0.2, 0) is 4.79 Å². The third-order valence-corrected chi connectivity index (χ3v) is 6.29. The Labute approximate surface area is 166 Å². The third-order valence-electron chi connectivity index (χ3n) is 6.29. The maximum absolute atomic E-state index is 13.3. The van der Waals surface area contributed by atoms with Crippen LogP contribution in [0.1, 0.15) is 60.3 Å². The highest BCUT2D eigenvalue weighted by molar-refractivity contribution is 5.99. The van der Waals surface area contributed by atoms with Crippen molar-refractivity contribution in [1.29, 1.82) is 0 Å². The zero-order valence-electron chi connectivity index (χ0n) is 16.6. The van der Waals surface area contributed by atoms with Gasteiger partial charge in [-0.3, -0.25) is 19.5 Å². The topological polar surface area (TPSA) is 63.2 Å². The van der Waals surface area contributed by atoms with E-state index in [4.69, 9.17) is 0 Å². The minimum absolute atomic E-state index is 0.0911. The first kappa shape index (κ1) is 18.8. The number of rotatable bonds is 4. The van der Waals surface area contributed by atoms with Gasteiger partial charge in [-0.05, 0) is 75.3 Å². The Kier molecular flexibility index (Phi) is 5.00. The van der Waals surface area contributed by atoms with E-state index in [0.717, 1.165) is 55.7 Å². The molecule has 1 spiro atoms. The zero-order valence-corrected chi connectivity index (χ0v) is 16.6. The smallest absolute Gasteiger partial charge is 0.234 e. The summed E-state index contributed by atoms with van der Waals surface area (Å²) in [5.41, 5.74) is 2.19. The lowest BCUT2D eigenvalue weighted by Crippen LogP contribution is -2.39. The van der Waals surface area contributed by atoms with Crippen molar-refractivity contribution in [2.75, 3.05) is 11.4 Å². The van der Waals surface area contributed by atoms with E-state index in [-0.39, 0.29) is 23.0 Å². The molecule has 1 aliphatic heterocycles. The maximum atomic E-state index is 13.3. The standard InChI is InChI=1S/C23H27N3O2/c1-16-8-11-24-21(13-16)26-12-10-23(22(26)28)9-4-6-18(15-23)14-20(27)19-7-3-5-17(2)25-19/h3,5,7-8,11,13,18H,4,6,9-10,12,14-15H2,1-2H3/t18-,23+/m1/s1. The lowest BCUT2D eigenvalue weighted by molar-refractivity contribution is -0.128. The molecule has 2 aliphatic rings. The predicted molar refractivity (Wildman–Crippen MR) is 108 cm³/mol. The molecule has 5 heteroatoms. The van der Waals surface area contributed by atoms with Gasteiger partial charge in [0, 0.05) is 24.9 Å². The molecule has 0 N–H and O–H groups in total. The largest absolute Gasteiger partial charge is 0.296 e. The first-order valence-electron chi connectivity index (χ1n) is 10.2. The van der Waals surface area contributed by atoms with Gasteiger partial charge in [-0.15, -0.1) is 0 Å². The molecule has 0 aromatic carbocycles. The van der Waals surface area contributed by atoms with Crippen molar-refractivity contribution in [2.45, 2.75) is 52.4 Å². The number of carbonyl (C=O) groups excluding carboxylic acids is 2. The van der Waals surface area contributed by atoms with Gasteiger partial charge in [0.25, 0.3) is 0 Å². The van der Waals surface area contributed by atoms with E-state index < -0.39 is 0 Å². The van der Waals surface area contributed by atoms with Gasteiger partial charge in [-0.1, -0.05) is 12.5 Å². The van der Waals surface area contributed by atoms with E-state index in [1.807, 2.05) is 43.0 Å². The van der Waals surface area contributed by atoms with E-state index in [9.17, 15) is 9.59 Å². The highest BCUT2D eigenvalue weighted by Gasteiger charge is 2.49. The highest BCUT2D eigenvalue weighted by atomic mass is 16.2. The molecule has 3 heterocycles. The summed E-state index contributed by atoms with van der Waals surface area (Å²) in [5, 5.41) is 0. The molecule has 146 valence electrons. The second kappa shape index (κ2) is 7.46. The molecule has 4 rings (SSSR count). The summed E-state index contributed by atoms with van der Waals surface area (Å²) in [6.07, 6.45) is 6.83. The van der Waals surface area contributed by atoms with Crippen LogP contribution in [0.15, 0.2) is 36.5 Å². The number of ketones is 1. The summed E-state index contributed by atoms with van der Waals surface area (Å²) in [7, 11) is 0. The summed E-state index contributed by atoms with van der Waals surface area (Å²) in [6.45, 7) is 4.63. The Morgan fingerprint density at radius 1 is 1.25 bits per heavy atom. The molecular formula is C23H27N3O2. The summed E-state index contributed by atoms with van der Waals surface area (Å²) in [4.78, 5) is 36.7. The van der Waals surface area contributed by atoms with Gasteiger partial charge in [0.2, 0.25) is 5.91 Å². The van der Waals surface area contributed by atoms with Crippen molar-refractivity contribution in [3.8, 4) is 0 Å². The van der Waals surface area contributed by atoms with Crippen LogP contribution in [0.4, 0.5) is 5.82 Å². The Hall–Kier alpha value is -2.56. The molecule has 2 atom stereocenters. The molecule has 1 aliphatic carbocycles. The van der Waals surface area contributed by atoms with E-state index >= 15 is 0 Å². The number of carbonyl (C=O) groups is 2. The molecule has 2 aromatic heterocycles. The fourth-order valence-electron chi connectivity index (χ4n) is 4.85. The quantitative estimate of drug-likeness (QED) is 0.746. The number of anilines is 1. The number of hydrogen-bond acceptors (Lipinski definition) is 4. The van der Waals surface area contributed by atoms with Crippen molar-refractivity contribution < 1.29 is 9.59 Å². The van der Waals surface area contributed by atoms with E-state index in [2.05, 4.69) is 9.97 Å². The van der Waals surface area contributed by atoms with Gasteiger partial charge < -0.3 is 0 Å². The van der Waals surface area contributed by atoms with Crippen molar-refractivity contribution in [3.63, 3.8) is 0 Å². The van der Waals surface area contributed by atoms with Crippen molar-refractivity contribution in [2.24, 2.45) is 11.3 Å². The number of pyridine rings is 2. The summed E-state index contributed by atoms with van der Waals surface area (Å²) < 4.78 is 0. The zero-order chi connectivity index (χ0) is 19.7. The van der Waals surface area contributed by atoms with Crippen LogP contribution >= 0.6 is 0 Å². The number of nitrogens with zero attached hydrogens (tertiary/aromatic N) is 3. The van der Waals surface area contributed by atoms with Crippen molar-refractivity contribution in [1.82, 2.24) is 9.97 Å². The maximum Gasteiger partial charge on any atom is 0.234 e. The second-order valence-electron chi connectivity index (χ2n) is 8.43. The average Bonchev–Trinajstić information content (AvgIpc) is 2.97. The fourth-order valence-corrected chi connectivity index (χ4v) is 4.85. The van der Waals surface area contributed by atoms with Crippen molar-refractivity contribution >= 4 is 17.5 Å². The lowest BCUT2D eigenvalue weighted by Gasteiger charge is -2.36. The number of aryl methyl sites for hydroxylation is 2. The van der Waals surface area contributed by atoms with E-state index in [0.29, 0.717) is 12.1 Å². The van der Waals surface area contributed by atoms with Crippen LogP contribution in [0.3, 0.4) is 0 Å². The Morgan fingerprint density at radius 3 is 2.89 bits per heavy atom. The molecule has 2 fully saturated rings. The molecule has 28 heavy (non-hydrogen) atoms. The van der Waals surface area contributed by atoms with Crippen molar-refractivity contribution in [3.05, 3.63) is 53.5 Å². The van der Waals surface area contributed by atoms with Crippen LogP contribution in [0.2, 0.25) is 0 Å². The van der Waals surface area contributed by atoms with Gasteiger partial charge in [0.1, 0.15) is 11.5 Å². The lowest BCUT2D eigenvalue weighted by atomic mass is 9.67. The molecule has 0 bridgehead atoms. The summed E-state index contributed by atoms with van der Waals surface area (Å²) in [5.74, 6) is 1.28. The van der Waals surface area contributed by atoms with Crippen LogP contribution in [0, 0.1) is 25.2 Å². The molecule has 2 aromatic rings. The Morgan fingerprint density at radius 2 is 2.11 bits per heavy atom. The van der Waals surface area contributed by atoms with Gasteiger partial charge >= 0.3 is 0 Å². The molecule has 1 amide bonds. The molecule has 1 saturated carbocycles. The summed E-state index contributed by atoms with van der Waals surface area (Å²) >= 11 is 0. The monoisotopic (exact) mass is 377 g/mol. The van der Waals surface area contributed by atoms with Crippen LogP contribution in [0.5, 0.6) is 0 Å². The predicted octanol–water partition coefficient (Wildman–Crippen LogP) is 4.28. The highest BCUT2D eigenvalue weighted by Crippen LogP contribution is 2.48. The number of aromatic nitrogens is 2. The van der Waals surface area contributed by atoms with Crippen LogP contribution < -0.4 is 4.90 Å². The molecule has 1 saturated heterocycles. The average molecular weight is 377 g/mol. The minimum Gasteiger partial charge on any atom is -0.296 e. The Balaban J connectivity index is 1.47. The minimum atomic E-state index is -0.325. The molecule has 0 radical (unpaired) electrons. The van der Waals surface area contributed by atoms with E-state index in [1.165, 1.54) is 0 Å².